The largest absolute Gasteiger partial charge is 0.352 e. The fourth-order valence-corrected chi connectivity index (χ4v) is 5.99. The van der Waals surface area contributed by atoms with Crippen molar-refractivity contribution in [3.63, 3.8) is 0 Å². The zero-order valence-electron chi connectivity index (χ0n) is 23.9. The lowest BCUT2D eigenvalue weighted by Gasteiger charge is -2.28. The molecule has 2 aromatic heterocycles. The molecule has 6 nitrogen and oxygen atoms in total. The van der Waals surface area contributed by atoms with Crippen molar-refractivity contribution in [3.05, 3.63) is 112 Å². The maximum absolute atomic E-state index is 13.1. The number of amides is 1. The highest BCUT2D eigenvalue weighted by molar-refractivity contribution is 7.80. The van der Waals surface area contributed by atoms with Crippen molar-refractivity contribution >= 4 is 28.9 Å². The van der Waals surface area contributed by atoms with Gasteiger partial charge in [0.05, 0.1) is 17.8 Å². The third kappa shape index (κ3) is 5.52. The van der Waals surface area contributed by atoms with Crippen molar-refractivity contribution < 1.29 is 4.79 Å². The normalized spacial score (nSPS) is 16.7. The molecule has 206 valence electrons. The fourth-order valence-electron chi connectivity index (χ4n) is 5.66. The molecule has 0 radical (unpaired) electrons. The molecular weight excluding hydrogens is 514 g/mol. The highest BCUT2D eigenvalue weighted by atomic mass is 32.1. The fraction of sp³-hybridized carbons (Fsp3) is 0.303. The molecule has 4 aromatic rings. The summed E-state index contributed by atoms with van der Waals surface area (Å²) < 4.78 is 2.30. The number of benzene rings is 2. The summed E-state index contributed by atoms with van der Waals surface area (Å²) in [5.41, 5.74) is 9.88. The molecule has 0 bridgehead atoms. The Bertz CT molecular complexity index is 1530. The first kappa shape index (κ1) is 27.6. The Hall–Kier alpha value is -3.97. The Morgan fingerprint density at radius 3 is 2.50 bits per heavy atom. The van der Waals surface area contributed by atoms with Gasteiger partial charge in [0.1, 0.15) is 0 Å². The van der Waals surface area contributed by atoms with Crippen LogP contribution in [0.5, 0.6) is 0 Å². The number of pyridine rings is 1. The van der Waals surface area contributed by atoms with Crippen LogP contribution in [0.15, 0.2) is 72.9 Å². The maximum Gasteiger partial charge on any atom is 0.226 e. The Morgan fingerprint density at radius 1 is 1.02 bits per heavy atom. The lowest BCUT2D eigenvalue weighted by atomic mass is 9.96. The number of nitrogens with zero attached hydrogens (tertiary/aromatic N) is 3. The number of anilines is 1. The van der Waals surface area contributed by atoms with Gasteiger partial charge in [-0.15, -0.1) is 0 Å². The van der Waals surface area contributed by atoms with E-state index in [-0.39, 0.29) is 18.0 Å². The number of thiocarbonyl (C=S) groups is 1. The summed E-state index contributed by atoms with van der Waals surface area (Å²) in [5, 5.41) is 7.26. The molecule has 40 heavy (non-hydrogen) atoms. The molecule has 2 unspecified atom stereocenters. The average molecular weight is 552 g/mol. The van der Waals surface area contributed by atoms with E-state index in [9.17, 15) is 4.79 Å². The SMILES string of the molecule is CCc1ccc(-n2c(C)cc(C3C(c4ccccn4)NC(=S)N3CCC(=O)Nc3cc(C)ccc3C)c2C)cc1. The number of hydrogen-bond acceptors (Lipinski definition) is 3. The van der Waals surface area contributed by atoms with Crippen molar-refractivity contribution in [1.82, 2.24) is 19.8 Å². The smallest absolute Gasteiger partial charge is 0.226 e. The van der Waals surface area contributed by atoms with E-state index in [1.54, 1.807) is 0 Å². The first-order valence-corrected chi connectivity index (χ1v) is 14.3. The molecule has 1 aliphatic heterocycles. The third-order valence-electron chi connectivity index (χ3n) is 7.84. The summed E-state index contributed by atoms with van der Waals surface area (Å²) in [7, 11) is 0. The van der Waals surface area contributed by atoms with Crippen LogP contribution in [0.1, 0.15) is 64.8 Å². The van der Waals surface area contributed by atoms with E-state index >= 15 is 0 Å². The van der Waals surface area contributed by atoms with E-state index < -0.39 is 0 Å². The Kier molecular flexibility index (Phi) is 8.03. The number of carbonyl (C=O) groups excluding carboxylic acids is 1. The van der Waals surface area contributed by atoms with Gasteiger partial charge in [0, 0.05) is 41.9 Å². The van der Waals surface area contributed by atoms with Crippen LogP contribution < -0.4 is 10.6 Å². The minimum Gasteiger partial charge on any atom is -0.352 e. The molecule has 5 rings (SSSR count). The highest BCUT2D eigenvalue weighted by Crippen LogP contribution is 2.41. The van der Waals surface area contributed by atoms with Crippen LogP contribution in [0.25, 0.3) is 5.69 Å². The number of nitrogens with one attached hydrogen (secondary N) is 2. The molecule has 0 saturated carbocycles. The summed E-state index contributed by atoms with van der Waals surface area (Å²) >= 11 is 5.87. The first-order chi connectivity index (χ1) is 19.3. The van der Waals surface area contributed by atoms with E-state index in [0.717, 1.165) is 46.0 Å². The molecule has 1 aliphatic rings. The average Bonchev–Trinajstić information content (AvgIpc) is 3.44. The number of rotatable bonds is 8. The Labute approximate surface area is 242 Å². The van der Waals surface area contributed by atoms with Crippen LogP contribution in [-0.4, -0.2) is 32.0 Å². The van der Waals surface area contributed by atoms with Crippen LogP contribution in [0.2, 0.25) is 0 Å². The van der Waals surface area contributed by atoms with Crippen LogP contribution in [-0.2, 0) is 11.2 Å². The Balaban J connectivity index is 1.46. The molecule has 2 atom stereocenters. The standard InChI is InChI=1S/C33H37N5OS/c1-6-25-12-14-26(15-13-25)38-23(4)20-27(24(38)5)32-31(28-9-7-8-17-34-28)36-33(40)37(32)18-16-30(39)35-29-19-21(2)10-11-22(29)3/h7-15,17,19-20,31-32H,6,16,18H2,1-5H3,(H,35,39)(H,36,40). The lowest BCUT2D eigenvalue weighted by molar-refractivity contribution is -0.116. The molecule has 1 fully saturated rings. The maximum atomic E-state index is 13.1. The number of carbonyl (C=O) groups is 1. The monoisotopic (exact) mass is 551 g/mol. The lowest BCUT2D eigenvalue weighted by Crippen LogP contribution is -2.33. The van der Waals surface area contributed by atoms with Crippen molar-refractivity contribution in [3.8, 4) is 5.69 Å². The summed E-state index contributed by atoms with van der Waals surface area (Å²) in [6, 6.07) is 22.8. The van der Waals surface area contributed by atoms with Crippen molar-refractivity contribution in [1.29, 1.82) is 0 Å². The second-order valence-electron chi connectivity index (χ2n) is 10.6. The third-order valence-corrected chi connectivity index (χ3v) is 8.19. The number of aryl methyl sites for hydroxylation is 4. The number of hydrogen-bond donors (Lipinski definition) is 2. The quantitative estimate of drug-likeness (QED) is 0.240. The van der Waals surface area contributed by atoms with E-state index in [2.05, 4.69) is 82.3 Å². The van der Waals surface area contributed by atoms with E-state index in [4.69, 9.17) is 12.2 Å². The topological polar surface area (TPSA) is 62.2 Å². The summed E-state index contributed by atoms with van der Waals surface area (Å²) in [4.78, 5) is 19.9. The van der Waals surface area contributed by atoms with Crippen molar-refractivity contribution in [2.75, 3.05) is 11.9 Å². The van der Waals surface area contributed by atoms with E-state index in [1.807, 2.05) is 50.4 Å². The van der Waals surface area contributed by atoms with Gasteiger partial charge in [0.15, 0.2) is 5.11 Å². The van der Waals surface area contributed by atoms with Gasteiger partial charge in [-0.05, 0) is 105 Å². The molecule has 2 aromatic carbocycles. The summed E-state index contributed by atoms with van der Waals surface area (Å²) in [6.45, 7) is 11.0. The minimum atomic E-state index is -0.132. The molecule has 3 heterocycles. The zero-order valence-corrected chi connectivity index (χ0v) is 24.7. The van der Waals surface area contributed by atoms with E-state index in [1.165, 1.54) is 11.1 Å². The minimum absolute atomic E-state index is 0.0296. The van der Waals surface area contributed by atoms with E-state index in [0.29, 0.717) is 18.1 Å². The zero-order chi connectivity index (χ0) is 28.4. The van der Waals surface area contributed by atoms with Crippen LogP contribution in [0.3, 0.4) is 0 Å². The van der Waals surface area contributed by atoms with Crippen LogP contribution in [0.4, 0.5) is 5.69 Å². The van der Waals surface area contributed by atoms with Crippen LogP contribution >= 0.6 is 12.2 Å². The Morgan fingerprint density at radius 2 is 1.80 bits per heavy atom. The predicted molar refractivity (Wildman–Crippen MR) is 166 cm³/mol. The summed E-state index contributed by atoms with van der Waals surface area (Å²) in [6.07, 6.45) is 3.14. The van der Waals surface area contributed by atoms with Gasteiger partial charge in [0.25, 0.3) is 0 Å². The van der Waals surface area contributed by atoms with Gasteiger partial charge in [-0.2, -0.15) is 0 Å². The molecule has 1 saturated heterocycles. The molecule has 0 aliphatic carbocycles. The summed E-state index contributed by atoms with van der Waals surface area (Å²) in [5.74, 6) is -0.0296. The highest BCUT2D eigenvalue weighted by Gasteiger charge is 2.41. The molecule has 7 heteroatoms. The van der Waals surface area contributed by atoms with Gasteiger partial charge >= 0.3 is 0 Å². The van der Waals surface area contributed by atoms with Gasteiger partial charge < -0.3 is 20.1 Å². The molecule has 1 amide bonds. The predicted octanol–water partition coefficient (Wildman–Crippen LogP) is 6.67. The first-order valence-electron chi connectivity index (χ1n) is 13.9. The van der Waals surface area contributed by atoms with Gasteiger partial charge in [0.2, 0.25) is 5.91 Å². The van der Waals surface area contributed by atoms with Gasteiger partial charge in [-0.25, -0.2) is 0 Å². The molecule has 2 N–H and O–H groups in total. The van der Waals surface area contributed by atoms with Crippen molar-refractivity contribution in [2.45, 2.75) is 59.5 Å². The van der Waals surface area contributed by atoms with Crippen LogP contribution in [0, 0.1) is 27.7 Å². The van der Waals surface area contributed by atoms with Crippen molar-refractivity contribution in [2.24, 2.45) is 0 Å². The van der Waals surface area contributed by atoms with Gasteiger partial charge in [-0.3, -0.25) is 9.78 Å². The molecular formula is C33H37N5OS. The number of aromatic nitrogens is 2. The second kappa shape index (κ2) is 11.6. The molecule has 0 spiro atoms. The second-order valence-corrected chi connectivity index (χ2v) is 11.0. The van der Waals surface area contributed by atoms with Gasteiger partial charge in [-0.1, -0.05) is 37.3 Å².